The van der Waals surface area contributed by atoms with Crippen molar-refractivity contribution < 1.29 is 28.7 Å². The van der Waals surface area contributed by atoms with E-state index in [0.717, 1.165) is 0 Å². The maximum absolute atomic E-state index is 11.7. The molecule has 0 fully saturated rings. The molecule has 0 aliphatic rings. The third kappa shape index (κ3) is 3.35. The van der Waals surface area contributed by atoms with Crippen molar-refractivity contribution in [3.63, 3.8) is 0 Å². The Bertz CT molecular complexity index is 694. The Balaban J connectivity index is 2.21. The summed E-state index contributed by atoms with van der Waals surface area (Å²) in [6.45, 7) is -0.489. The van der Waals surface area contributed by atoms with Crippen LogP contribution in [0.5, 0.6) is 11.5 Å². The van der Waals surface area contributed by atoms with E-state index >= 15 is 0 Å². The van der Waals surface area contributed by atoms with Gasteiger partial charge in [0.2, 0.25) is 0 Å². The summed E-state index contributed by atoms with van der Waals surface area (Å²) in [7, 11) is 3.03. The van der Waals surface area contributed by atoms with Crippen molar-refractivity contribution in [1.29, 1.82) is 0 Å². The number of carbonyl (C=O) groups is 2. The van der Waals surface area contributed by atoms with E-state index in [1.54, 1.807) is 18.2 Å². The first-order valence-corrected chi connectivity index (χ1v) is 6.24. The number of methoxy groups -OCH3 is 2. The minimum atomic E-state index is -1.14. The van der Waals surface area contributed by atoms with Gasteiger partial charge >= 0.3 is 5.97 Å². The Morgan fingerprint density at radius 2 is 1.95 bits per heavy atom. The van der Waals surface area contributed by atoms with Crippen molar-refractivity contribution in [2.24, 2.45) is 0 Å². The summed E-state index contributed by atoms with van der Waals surface area (Å²) in [6.07, 6.45) is 0. The molecule has 2 rings (SSSR count). The molecule has 0 spiro atoms. The van der Waals surface area contributed by atoms with Crippen LogP contribution in [0.15, 0.2) is 28.8 Å². The largest absolute Gasteiger partial charge is 0.493 e. The van der Waals surface area contributed by atoms with Crippen molar-refractivity contribution in [1.82, 2.24) is 10.5 Å². The number of rotatable bonds is 6. The third-order valence-corrected chi connectivity index (χ3v) is 2.81. The fourth-order valence-corrected chi connectivity index (χ4v) is 1.75. The van der Waals surface area contributed by atoms with Crippen LogP contribution in [0, 0.1) is 0 Å². The number of hydrogen-bond acceptors (Lipinski definition) is 6. The van der Waals surface area contributed by atoms with E-state index in [0.29, 0.717) is 22.8 Å². The Morgan fingerprint density at radius 3 is 2.59 bits per heavy atom. The maximum atomic E-state index is 11.7. The highest BCUT2D eigenvalue weighted by Crippen LogP contribution is 2.32. The molecule has 0 radical (unpaired) electrons. The fourth-order valence-electron chi connectivity index (χ4n) is 1.75. The zero-order valence-corrected chi connectivity index (χ0v) is 12.0. The number of carbonyl (C=O) groups excluding carboxylic acids is 1. The number of aliphatic carboxylic acids is 1. The van der Waals surface area contributed by atoms with Crippen LogP contribution in [-0.2, 0) is 4.79 Å². The van der Waals surface area contributed by atoms with Gasteiger partial charge in [-0.3, -0.25) is 9.59 Å². The average Bonchev–Trinajstić information content (AvgIpc) is 3.01. The van der Waals surface area contributed by atoms with Gasteiger partial charge in [0.25, 0.3) is 5.91 Å². The summed E-state index contributed by atoms with van der Waals surface area (Å²) in [5.74, 6) is -0.352. The van der Waals surface area contributed by atoms with Crippen LogP contribution in [0.2, 0.25) is 0 Å². The lowest BCUT2D eigenvalue weighted by molar-refractivity contribution is -0.135. The summed E-state index contributed by atoms with van der Waals surface area (Å²) < 4.78 is 15.4. The SMILES string of the molecule is COc1ccc(-c2cc(C(=O)NCC(=O)O)no2)cc1OC. The first-order chi connectivity index (χ1) is 10.5. The molecule has 1 heterocycles. The van der Waals surface area contributed by atoms with Crippen LogP contribution < -0.4 is 14.8 Å². The van der Waals surface area contributed by atoms with E-state index in [9.17, 15) is 9.59 Å². The van der Waals surface area contributed by atoms with E-state index in [1.165, 1.54) is 20.3 Å². The lowest BCUT2D eigenvalue weighted by atomic mass is 10.1. The second-order valence-electron chi connectivity index (χ2n) is 4.22. The Morgan fingerprint density at radius 1 is 1.23 bits per heavy atom. The first-order valence-electron chi connectivity index (χ1n) is 6.24. The molecule has 0 bridgehead atoms. The molecule has 0 aliphatic carbocycles. The molecular formula is C14H14N2O6. The highest BCUT2D eigenvalue weighted by molar-refractivity contribution is 5.94. The van der Waals surface area contributed by atoms with Crippen molar-refractivity contribution in [3.8, 4) is 22.8 Å². The number of amides is 1. The van der Waals surface area contributed by atoms with Gasteiger partial charge in [-0.2, -0.15) is 0 Å². The van der Waals surface area contributed by atoms with Crippen molar-refractivity contribution in [2.75, 3.05) is 20.8 Å². The number of aromatic nitrogens is 1. The number of carboxylic acid groups (broad SMARTS) is 1. The zero-order chi connectivity index (χ0) is 16.1. The van der Waals surface area contributed by atoms with Crippen LogP contribution in [-0.4, -0.2) is 42.9 Å². The molecule has 0 saturated carbocycles. The predicted octanol–water partition coefficient (Wildman–Crippen LogP) is 1.17. The zero-order valence-electron chi connectivity index (χ0n) is 12.0. The molecule has 1 aromatic heterocycles. The van der Waals surface area contributed by atoms with Gasteiger partial charge in [0.15, 0.2) is 23.0 Å². The number of ether oxygens (including phenoxy) is 2. The monoisotopic (exact) mass is 306 g/mol. The molecule has 8 heteroatoms. The molecule has 22 heavy (non-hydrogen) atoms. The molecule has 0 aliphatic heterocycles. The molecule has 2 N–H and O–H groups in total. The Kier molecular flexibility index (Phi) is 4.62. The second kappa shape index (κ2) is 6.61. The molecule has 116 valence electrons. The molecule has 0 unspecified atom stereocenters. The van der Waals surface area contributed by atoms with E-state index in [2.05, 4.69) is 10.5 Å². The highest BCUT2D eigenvalue weighted by Gasteiger charge is 2.15. The van der Waals surface area contributed by atoms with Crippen molar-refractivity contribution >= 4 is 11.9 Å². The minimum Gasteiger partial charge on any atom is -0.493 e. The van der Waals surface area contributed by atoms with Gasteiger partial charge in [-0.1, -0.05) is 5.16 Å². The summed E-state index contributed by atoms with van der Waals surface area (Å²) in [5, 5.41) is 14.3. The lowest BCUT2D eigenvalue weighted by Crippen LogP contribution is -2.29. The smallest absolute Gasteiger partial charge is 0.322 e. The summed E-state index contributed by atoms with van der Waals surface area (Å²) in [5.41, 5.74) is 0.633. The number of nitrogens with one attached hydrogen (secondary N) is 1. The normalized spacial score (nSPS) is 10.1. The van der Waals surface area contributed by atoms with Crippen molar-refractivity contribution in [3.05, 3.63) is 30.0 Å². The summed E-state index contributed by atoms with van der Waals surface area (Å²) in [4.78, 5) is 22.1. The highest BCUT2D eigenvalue weighted by atomic mass is 16.5. The molecule has 2 aromatic rings. The van der Waals surface area contributed by atoms with Gasteiger partial charge in [0.05, 0.1) is 14.2 Å². The van der Waals surface area contributed by atoms with Gasteiger partial charge < -0.3 is 24.4 Å². The van der Waals surface area contributed by atoms with Crippen LogP contribution in [0.4, 0.5) is 0 Å². The average molecular weight is 306 g/mol. The molecule has 8 nitrogen and oxygen atoms in total. The number of carboxylic acids is 1. The van der Waals surface area contributed by atoms with Crippen LogP contribution in [0.25, 0.3) is 11.3 Å². The van der Waals surface area contributed by atoms with Crippen LogP contribution >= 0.6 is 0 Å². The quantitative estimate of drug-likeness (QED) is 0.824. The third-order valence-electron chi connectivity index (χ3n) is 2.81. The molecule has 1 amide bonds. The van der Waals surface area contributed by atoms with Crippen LogP contribution in [0.1, 0.15) is 10.5 Å². The number of benzene rings is 1. The first kappa shape index (κ1) is 15.4. The maximum Gasteiger partial charge on any atom is 0.322 e. The van der Waals surface area contributed by atoms with Crippen molar-refractivity contribution in [2.45, 2.75) is 0 Å². The summed E-state index contributed by atoms with van der Waals surface area (Å²) >= 11 is 0. The topological polar surface area (TPSA) is 111 Å². The van der Waals surface area contributed by atoms with Gasteiger partial charge in [0, 0.05) is 11.6 Å². The predicted molar refractivity (Wildman–Crippen MR) is 75.0 cm³/mol. The van der Waals surface area contributed by atoms with Gasteiger partial charge in [-0.25, -0.2) is 0 Å². The lowest BCUT2D eigenvalue weighted by Gasteiger charge is -2.07. The van der Waals surface area contributed by atoms with Gasteiger partial charge in [0.1, 0.15) is 6.54 Å². The van der Waals surface area contributed by atoms with Crippen LogP contribution in [0.3, 0.4) is 0 Å². The Hall–Kier alpha value is -3.03. The second-order valence-corrected chi connectivity index (χ2v) is 4.22. The van der Waals surface area contributed by atoms with E-state index < -0.39 is 18.4 Å². The minimum absolute atomic E-state index is 0.00830. The molecule has 1 aromatic carbocycles. The Labute approximate surface area is 125 Å². The van der Waals surface area contributed by atoms with E-state index in [-0.39, 0.29) is 5.69 Å². The van der Waals surface area contributed by atoms with Gasteiger partial charge in [-0.15, -0.1) is 0 Å². The van der Waals surface area contributed by atoms with Gasteiger partial charge in [-0.05, 0) is 18.2 Å². The molecular weight excluding hydrogens is 292 g/mol. The fraction of sp³-hybridized carbons (Fsp3) is 0.214. The number of nitrogens with zero attached hydrogens (tertiary/aromatic N) is 1. The van der Waals surface area contributed by atoms with E-state index in [4.69, 9.17) is 19.1 Å². The molecule has 0 saturated heterocycles. The van der Waals surface area contributed by atoms with E-state index in [1.807, 2.05) is 0 Å². The number of hydrogen-bond donors (Lipinski definition) is 2. The molecule has 0 atom stereocenters. The standard InChI is InChI=1S/C14H14N2O6/c1-20-10-4-3-8(5-12(10)21-2)11-6-9(16-22-11)14(19)15-7-13(17)18/h3-6H,7H2,1-2H3,(H,15,19)(H,17,18). The summed E-state index contributed by atoms with van der Waals surface area (Å²) in [6, 6.07) is 6.51.